The Morgan fingerprint density at radius 1 is 1.20 bits per heavy atom. The first-order valence-electron chi connectivity index (χ1n) is 5.84. The third kappa shape index (κ3) is 1.86. The largest absolute Gasteiger partial charge is 0.316 e. The molecule has 0 saturated carbocycles. The third-order valence-corrected chi connectivity index (χ3v) is 3.34. The third-order valence-electron chi connectivity index (χ3n) is 3.34. The van der Waals surface area contributed by atoms with Gasteiger partial charge in [0, 0.05) is 6.42 Å². The molecular weight excluding hydrogens is 188 g/mol. The van der Waals surface area contributed by atoms with Crippen LogP contribution in [0.15, 0.2) is 0 Å². The quantitative estimate of drug-likeness (QED) is 0.762. The van der Waals surface area contributed by atoms with Crippen molar-refractivity contribution in [1.82, 2.24) is 20.5 Å². The zero-order valence-electron chi connectivity index (χ0n) is 8.87. The maximum absolute atomic E-state index is 4.62. The number of aryl methyl sites for hydroxylation is 2. The van der Waals surface area contributed by atoms with Gasteiger partial charge in [-0.05, 0) is 44.7 Å². The zero-order valence-corrected chi connectivity index (χ0v) is 8.87. The summed E-state index contributed by atoms with van der Waals surface area (Å²) in [6, 6.07) is 0. The molecule has 2 aliphatic rings. The molecule has 1 unspecified atom stereocenters. The second kappa shape index (κ2) is 3.85. The van der Waals surface area contributed by atoms with Gasteiger partial charge in [0.15, 0.2) is 5.82 Å². The Hall–Kier alpha value is -1.03. The van der Waals surface area contributed by atoms with Crippen LogP contribution in [0.1, 0.15) is 30.1 Å². The highest BCUT2D eigenvalue weighted by atomic mass is 15.2. The van der Waals surface area contributed by atoms with Gasteiger partial charge in [0.05, 0.1) is 11.4 Å². The van der Waals surface area contributed by atoms with Crippen molar-refractivity contribution in [2.45, 2.75) is 32.1 Å². The lowest BCUT2D eigenvalue weighted by atomic mass is 10.0. The van der Waals surface area contributed by atoms with E-state index < -0.39 is 0 Å². The van der Waals surface area contributed by atoms with Gasteiger partial charge in [-0.1, -0.05) is 0 Å². The molecule has 1 aliphatic carbocycles. The minimum absolute atomic E-state index is 0.714. The van der Waals surface area contributed by atoms with Gasteiger partial charge in [-0.2, -0.15) is 5.10 Å². The molecule has 0 bridgehead atoms. The van der Waals surface area contributed by atoms with Crippen LogP contribution in [-0.4, -0.2) is 28.3 Å². The number of fused-ring (bicyclic) bond motifs is 1. The van der Waals surface area contributed by atoms with Gasteiger partial charge in [-0.3, -0.25) is 0 Å². The molecular formula is C11H16N4. The van der Waals surface area contributed by atoms with Crippen molar-refractivity contribution in [2.24, 2.45) is 5.92 Å². The van der Waals surface area contributed by atoms with E-state index in [0.29, 0.717) is 5.92 Å². The summed E-state index contributed by atoms with van der Waals surface area (Å²) in [6.45, 7) is 2.25. The fraction of sp³-hybridized carbons (Fsp3) is 0.727. The van der Waals surface area contributed by atoms with Crippen molar-refractivity contribution >= 4 is 0 Å². The fourth-order valence-electron chi connectivity index (χ4n) is 2.47. The first-order valence-corrected chi connectivity index (χ1v) is 5.84. The van der Waals surface area contributed by atoms with Gasteiger partial charge < -0.3 is 5.32 Å². The van der Waals surface area contributed by atoms with Gasteiger partial charge >= 0.3 is 0 Å². The first kappa shape index (κ1) is 9.21. The van der Waals surface area contributed by atoms with Crippen LogP contribution in [-0.2, 0) is 19.3 Å². The van der Waals surface area contributed by atoms with E-state index >= 15 is 0 Å². The van der Waals surface area contributed by atoms with Crippen molar-refractivity contribution in [2.75, 3.05) is 13.1 Å². The van der Waals surface area contributed by atoms with Crippen LogP contribution >= 0.6 is 0 Å². The Bertz CT molecular complexity index is 358. The molecule has 80 valence electrons. The molecule has 1 saturated heterocycles. The van der Waals surface area contributed by atoms with Crippen LogP contribution in [0.2, 0.25) is 0 Å². The minimum atomic E-state index is 0.714. The minimum Gasteiger partial charge on any atom is -0.316 e. The second-order valence-corrected chi connectivity index (χ2v) is 4.54. The van der Waals surface area contributed by atoms with Crippen molar-refractivity contribution < 1.29 is 0 Å². The summed E-state index contributed by atoms with van der Waals surface area (Å²) in [7, 11) is 0. The van der Waals surface area contributed by atoms with Gasteiger partial charge in [0.1, 0.15) is 0 Å². The molecule has 0 spiro atoms. The van der Waals surface area contributed by atoms with Crippen molar-refractivity contribution in [3.8, 4) is 0 Å². The highest BCUT2D eigenvalue weighted by Gasteiger charge is 2.19. The van der Waals surface area contributed by atoms with E-state index in [1.807, 2.05) is 0 Å². The Labute approximate surface area is 89.5 Å². The molecule has 15 heavy (non-hydrogen) atoms. The summed E-state index contributed by atoms with van der Waals surface area (Å²) in [4.78, 5) is 4.62. The molecule has 1 aliphatic heterocycles. The standard InChI is InChI=1S/C11H16N4/c1-2-9-10(3-1)14-15-11(13-9)6-8-4-5-12-7-8/h8,12H,1-7H2. The molecule has 0 radical (unpaired) electrons. The Balaban J connectivity index is 1.75. The van der Waals surface area contributed by atoms with Crippen LogP contribution in [0.25, 0.3) is 0 Å². The summed E-state index contributed by atoms with van der Waals surface area (Å²) in [6.07, 6.45) is 5.61. The van der Waals surface area contributed by atoms with E-state index in [2.05, 4.69) is 20.5 Å². The molecule has 1 fully saturated rings. The number of rotatable bonds is 2. The summed E-state index contributed by atoms with van der Waals surface area (Å²) in [5.74, 6) is 1.66. The molecule has 4 nitrogen and oxygen atoms in total. The van der Waals surface area contributed by atoms with E-state index in [-0.39, 0.29) is 0 Å². The Morgan fingerprint density at radius 3 is 3.00 bits per heavy atom. The molecule has 0 amide bonds. The average molecular weight is 204 g/mol. The molecule has 0 aromatic carbocycles. The Kier molecular flexibility index (Phi) is 2.37. The lowest BCUT2D eigenvalue weighted by molar-refractivity contribution is 0.552. The molecule has 1 N–H and O–H groups in total. The van der Waals surface area contributed by atoms with E-state index in [4.69, 9.17) is 0 Å². The van der Waals surface area contributed by atoms with Crippen molar-refractivity contribution in [1.29, 1.82) is 0 Å². The van der Waals surface area contributed by atoms with Crippen LogP contribution in [0.4, 0.5) is 0 Å². The van der Waals surface area contributed by atoms with Crippen LogP contribution in [0, 0.1) is 5.92 Å². The van der Waals surface area contributed by atoms with Gasteiger partial charge in [-0.25, -0.2) is 4.98 Å². The predicted octanol–water partition coefficient (Wildman–Crippen LogP) is 0.512. The second-order valence-electron chi connectivity index (χ2n) is 4.54. The van der Waals surface area contributed by atoms with Crippen LogP contribution in [0.3, 0.4) is 0 Å². The van der Waals surface area contributed by atoms with Gasteiger partial charge in [-0.15, -0.1) is 5.10 Å². The topological polar surface area (TPSA) is 50.7 Å². The monoisotopic (exact) mass is 204 g/mol. The number of hydrogen-bond donors (Lipinski definition) is 1. The van der Waals surface area contributed by atoms with Gasteiger partial charge in [0.25, 0.3) is 0 Å². The Morgan fingerprint density at radius 2 is 2.13 bits per heavy atom. The van der Waals surface area contributed by atoms with Gasteiger partial charge in [0.2, 0.25) is 0 Å². The highest BCUT2D eigenvalue weighted by molar-refractivity contribution is 5.15. The smallest absolute Gasteiger partial charge is 0.151 e. The normalized spacial score (nSPS) is 24.4. The molecule has 3 rings (SSSR count). The molecule has 1 aromatic rings. The van der Waals surface area contributed by atoms with Crippen LogP contribution in [0.5, 0.6) is 0 Å². The van der Waals surface area contributed by atoms with E-state index in [0.717, 1.165) is 43.9 Å². The van der Waals surface area contributed by atoms with Crippen molar-refractivity contribution in [3.63, 3.8) is 0 Å². The zero-order chi connectivity index (χ0) is 10.1. The SMILES string of the molecule is C1Cc2nnc(CC3CCNC3)nc2C1. The molecule has 4 heteroatoms. The fourth-order valence-corrected chi connectivity index (χ4v) is 2.47. The maximum Gasteiger partial charge on any atom is 0.151 e. The first-order chi connectivity index (χ1) is 7.42. The predicted molar refractivity (Wildman–Crippen MR) is 56.5 cm³/mol. The number of hydrogen-bond acceptors (Lipinski definition) is 4. The van der Waals surface area contributed by atoms with E-state index in [1.165, 1.54) is 18.5 Å². The molecule has 1 atom stereocenters. The highest BCUT2D eigenvalue weighted by Crippen LogP contribution is 2.18. The molecule has 1 aromatic heterocycles. The summed E-state index contributed by atoms with van der Waals surface area (Å²) >= 11 is 0. The lowest BCUT2D eigenvalue weighted by Crippen LogP contribution is -2.13. The summed E-state index contributed by atoms with van der Waals surface area (Å²) < 4.78 is 0. The number of aromatic nitrogens is 3. The lowest BCUT2D eigenvalue weighted by Gasteiger charge is -2.06. The summed E-state index contributed by atoms with van der Waals surface area (Å²) in [5, 5.41) is 11.9. The van der Waals surface area contributed by atoms with Crippen LogP contribution < -0.4 is 5.32 Å². The number of nitrogens with zero attached hydrogens (tertiary/aromatic N) is 3. The van der Waals surface area contributed by atoms with Crippen molar-refractivity contribution in [3.05, 3.63) is 17.2 Å². The van der Waals surface area contributed by atoms with E-state index in [9.17, 15) is 0 Å². The molecule has 2 heterocycles. The maximum atomic E-state index is 4.62. The average Bonchev–Trinajstić information content (AvgIpc) is 2.87. The number of nitrogens with one attached hydrogen (secondary N) is 1. The van der Waals surface area contributed by atoms with E-state index in [1.54, 1.807) is 0 Å². The summed E-state index contributed by atoms with van der Waals surface area (Å²) in [5.41, 5.74) is 2.33.